The third-order valence-corrected chi connectivity index (χ3v) is 2.65. The Morgan fingerprint density at radius 3 is 2.71 bits per heavy atom. The first-order valence-electron chi connectivity index (χ1n) is 6.29. The smallest absolute Gasteiger partial charge is 0.137 e. The number of nitrogens with zero attached hydrogens (tertiary/aromatic N) is 3. The minimum atomic E-state index is 0.415. The monoisotopic (exact) mass is 236 g/mol. The largest absolute Gasteiger partial charge is 0.310 e. The highest BCUT2D eigenvalue weighted by atomic mass is 15.3. The molecule has 2 atom stereocenters. The minimum Gasteiger partial charge on any atom is -0.310 e. The standard InChI is InChI=1S/C13H24N4/c1-11(2)6-5-7-12(3)16-13(4)8-17-10-14-9-15-17/h6,9-10,12-13,16H,5,7-8H2,1-4H3/t12-,13-/m1/s1. The molecule has 0 bridgehead atoms. The summed E-state index contributed by atoms with van der Waals surface area (Å²) in [7, 11) is 0. The average Bonchev–Trinajstić information content (AvgIpc) is 2.69. The van der Waals surface area contributed by atoms with E-state index in [4.69, 9.17) is 0 Å². The summed E-state index contributed by atoms with van der Waals surface area (Å²) in [6, 6.07) is 0.947. The SMILES string of the molecule is CC(C)=CCC[C@@H](C)N[C@H](C)Cn1cncn1. The molecule has 0 aliphatic carbocycles. The van der Waals surface area contributed by atoms with E-state index >= 15 is 0 Å². The van der Waals surface area contributed by atoms with E-state index in [-0.39, 0.29) is 0 Å². The first-order chi connectivity index (χ1) is 8.08. The highest BCUT2D eigenvalue weighted by Crippen LogP contribution is 2.02. The predicted molar refractivity (Wildman–Crippen MR) is 70.7 cm³/mol. The summed E-state index contributed by atoms with van der Waals surface area (Å²) in [4.78, 5) is 3.94. The highest BCUT2D eigenvalue weighted by Gasteiger charge is 2.07. The van der Waals surface area contributed by atoms with Crippen LogP contribution in [0.4, 0.5) is 0 Å². The van der Waals surface area contributed by atoms with E-state index in [1.165, 1.54) is 12.0 Å². The molecule has 0 aliphatic rings. The van der Waals surface area contributed by atoms with Gasteiger partial charge in [0.15, 0.2) is 0 Å². The fourth-order valence-corrected chi connectivity index (χ4v) is 1.85. The first-order valence-corrected chi connectivity index (χ1v) is 6.29. The third-order valence-electron chi connectivity index (χ3n) is 2.65. The molecule has 96 valence electrons. The number of allylic oxidation sites excluding steroid dienone is 2. The van der Waals surface area contributed by atoms with Crippen LogP contribution in [0.2, 0.25) is 0 Å². The van der Waals surface area contributed by atoms with E-state index in [2.05, 4.69) is 49.2 Å². The molecule has 1 aromatic heterocycles. The molecule has 1 rings (SSSR count). The van der Waals surface area contributed by atoms with Crippen molar-refractivity contribution in [2.75, 3.05) is 0 Å². The van der Waals surface area contributed by atoms with E-state index in [9.17, 15) is 0 Å². The minimum absolute atomic E-state index is 0.415. The zero-order valence-corrected chi connectivity index (χ0v) is 11.3. The number of hydrogen-bond donors (Lipinski definition) is 1. The first kappa shape index (κ1) is 13.9. The zero-order chi connectivity index (χ0) is 12.7. The summed E-state index contributed by atoms with van der Waals surface area (Å²) in [5.41, 5.74) is 1.40. The van der Waals surface area contributed by atoms with Crippen molar-refractivity contribution in [1.29, 1.82) is 0 Å². The van der Waals surface area contributed by atoms with Gasteiger partial charge in [0.1, 0.15) is 12.7 Å². The van der Waals surface area contributed by atoms with E-state index in [0.717, 1.165) is 13.0 Å². The number of nitrogens with one attached hydrogen (secondary N) is 1. The van der Waals surface area contributed by atoms with Crippen LogP contribution < -0.4 is 5.32 Å². The molecule has 0 spiro atoms. The van der Waals surface area contributed by atoms with Gasteiger partial charge >= 0.3 is 0 Å². The van der Waals surface area contributed by atoms with Crippen molar-refractivity contribution < 1.29 is 0 Å². The number of aromatic nitrogens is 3. The Balaban J connectivity index is 2.21. The van der Waals surface area contributed by atoms with Gasteiger partial charge in [0.25, 0.3) is 0 Å². The molecule has 0 fully saturated rings. The Bertz CT molecular complexity index is 325. The van der Waals surface area contributed by atoms with Gasteiger partial charge in [-0.25, -0.2) is 4.98 Å². The molecule has 0 radical (unpaired) electrons. The maximum absolute atomic E-state index is 4.10. The second-order valence-electron chi connectivity index (χ2n) is 4.95. The van der Waals surface area contributed by atoms with Gasteiger partial charge in [-0.05, 0) is 40.5 Å². The molecule has 0 saturated heterocycles. The number of hydrogen-bond acceptors (Lipinski definition) is 3. The van der Waals surface area contributed by atoms with Crippen molar-refractivity contribution in [2.45, 2.75) is 59.2 Å². The summed E-state index contributed by atoms with van der Waals surface area (Å²) in [5.74, 6) is 0. The van der Waals surface area contributed by atoms with Gasteiger partial charge in [0, 0.05) is 12.1 Å². The molecule has 17 heavy (non-hydrogen) atoms. The van der Waals surface area contributed by atoms with Gasteiger partial charge < -0.3 is 5.32 Å². The van der Waals surface area contributed by atoms with Crippen molar-refractivity contribution in [2.24, 2.45) is 0 Å². The van der Waals surface area contributed by atoms with E-state index in [0.29, 0.717) is 12.1 Å². The van der Waals surface area contributed by atoms with Gasteiger partial charge in [0.2, 0.25) is 0 Å². The average molecular weight is 236 g/mol. The lowest BCUT2D eigenvalue weighted by Crippen LogP contribution is -2.37. The molecule has 1 heterocycles. The Morgan fingerprint density at radius 1 is 1.35 bits per heavy atom. The second-order valence-corrected chi connectivity index (χ2v) is 4.95. The van der Waals surface area contributed by atoms with Crippen molar-refractivity contribution in [3.63, 3.8) is 0 Å². The molecular formula is C13H24N4. The van der Waals surface area contributed by atoms with Crippen molar-refractivity contribution >= 4 is 0 Å². The molecule has 0 aromatic carbocycles. The highest BCUT2D eigenvalue weighted by molar-refractivity contribution is 4.93. The summed E-state index contributed by atoms with van der Waals surface area (Å²) >= 11 is 0. The van der Waals surface area contributed by atoms with Gasteiger partial charge in [-0.3, -0.25) is 4.68 Å². The molecule has 0 unspecified atom stereocenters. The normalized spacial score (nSPS) is 14.4. The quantitative estimate of drug-likeness (QED) is 0.739. The zero-order valence-electron chi connectivity index (χ0n) is 11.3. The molecule has 0 aliphatic heterocycles. The topological polar surface area (TPSA) is 42.7 Å². The lowest BCUT2D eigenvalue weighted by molar-refractivity contribution is 0.395. The maximum atomic E-state index is 4.10. The lowest BCUT2D eigenvalue weighted by Gasteiger charge is -2.19. The third kappa shape index (κ3) is 6.22. The Labute approximate surface area is 104 Å². The molecule has 4 heteroatoms. The van der Waals surface area contributed by atoms with Crippen LogP contribution in [0.1, 0.15) is 40.5 Å². The lowest BCUT2D eigenvalue weighted by atomic mass is 10.1. The van der Waals surface area contributed by atoms with E-state index in [1.54, 1.807) is 12.7 Å². The van der Waals surface area contributed by atoms with Crippen molar-refractivity contribution in [1.82, 2.24) is 20.1 Å². The van der Waals surface area contributed by atoms with Crippen LogP contribution in [-0.2, 0) is 6.54 Å². The van der Waals surface area contributed by atoms with Crippen molar-refractivity contribution in [3.05, 3.63) is 24.3 Å². The van der Waals surface area contributed by atoms with Gasteiger partial charge in [0.05, 0.1) is 6.54 Å². The Kier molecular flexibility index (Phi) is 5.91. The molecule has 0 saturated carbocycles. The van der Waals surface area contributed by atoms with E-state index in [1.807, 2.05) is 4.68 Å². The van der Waals surface area contributed by atoms with Crippen LogP contribution in [0.5, 0.6) is 0 Å². The Morgan fingerprint density at radius 2 is 2.12 bits per heavy atom. The number of rotatable bonds is 7. The van der Waals surface area contributed by atoms with Crippen LogP contribution in [0.25, 0.3) is 0 Å². The van der Waals surface area contributed by atoms with Crippen LogP contribution >= 0.6 is 0 Å². The summed E-state index contributed by atoms with van der Waals surface area (Å²) in [6.45, 7) is 9.57. The van der Waals surface area contributed by atoms with Crippen LogP contribution in [0.15, 0.2) is 24.3 Å². The molecule has 1 N–H and O–H groups in total. The molecule has 0 amide bonds. The van der Waals surface area contributed by atoms with Crippen LogP contribution in [-0.4, -0.2) is 26.8 Å². The van der Waals surface area contributed by atoms with Gasteiger partial charge in [-0.2, -0.15) is 5.10 Å². The fraction of sp³-hybridized carbons (Fsp3) is 0.692. The molecule has 1 aromatic rings. The molecule has 4 nitrogen and oxygen atoms in total. The van der Waals surface area contributed by atoms with E-state index < -0.39 is 0 Å². The van der Waals surface area contributed by atoms with Crippen molar-refractivity contribution in [3.8, 4) is 0 Å². The summed E-state index contributed by atoms with van der Waals surface area (Å²) in [6.07, 6.45) is 7.94. The van der Waals surface area contributed by atoms with Gasteiger partial charge in [-0.15, -0.1) is 0 Å². The van der Waals surface area contributed by atoms with Crippen LogP contribution in [0, 0.1) is 0 Å². The second kappa shape index (κ2) is 7.22. The fourth-order valence-electron chi connectivity index (χ4n) is 1.85. The van der Waals surface area contributed by atoms with Crippen LogP contribution in [0.3, 0.4) is 0 Å². The Hall–Kier alpha value is -1.16. The molecular weight excluding hydrogens is 212 g/mol. The summed E-state index contributed by atoms with van der Waals surface area (Å²) < 4.78 is 1.86. The van der Waals surface area contributed by atoms with Gasteiger partial charge in [-0.1, -0.05) is 11.6 Å². The maximum Gasteiger partial charge on any atom is 0.137 e. The summed E-state index contributed by atoms with van der Waals surface area (Å²) in [5, 5.41) is 7.68. The predicted octanol–water partition coefficient (Wildman–Crippen LogP) is 2.39.